The third kappa shape index (κ3) is 3.43. The number of hydrogen-bond donors (Lipinski definition) is 1. The molecule has 0 spiro atoms. The Kier molecular flexibility index (Phi) is 4.61. The average molecular weight is 386 g/mol. The van der Waals surface area contributed by atoms with E-state index in [1.165, 1.54) is 11.3 Å². The van der Waals surface area contributed by atoms with Gasteiger partial charge in [-0.1, -0.05) is 41.1 Å². The maximum Gasteiger partial charge on any atom is 0.257 e. The number of fused-ring (bicyclic) bond motifs is 1. The summed E-state index contributed by atoms with van der Waals surface area (Å²) < 4.78 is 0.929. The normalized spacial score (nSPS) is 14.2. The second-order valence-corrected chi connectivity index (χ2v) is 7.61. The molecule has 1 fully saturated rings. The number of aromatic nitrogens is 1. The molecule has 0 radical (unpaired) electrons. The van der Waals surface area contributed by atoms with Crippen LogP contribution in [0.2, 0.25) is 5.02 Å². The molecule has 1 aliphatic heterocycles. The molecule has 5 nitrogen and oxygen atoms in total. The molecule has 0 bridgehead atoms. The number of nitrogens with one attached hydrogen (secondary N) is 1. The maximum atomic E-state index is 12.4. The van der Waals surface area contributed by atoms with Gasteiger partial charge in [0.15, 0.2) is 5.13 Å². The number of anilines is 1. The van der Waals surface area contributed by atoms with E-state index in [1.807, 2.05) is 29.2 Å². The van der Waals surface area contributed by atoms with Crippen LogP contribution in [-0.4, -0.2) is 28.2 Å². The van der Waals surface area contributed by atoms with Gasteiger partial charge in [0.1, 0.15) is 5.52 Å². The fourth-order valence-corrected chi connectivity index (χ4v) is 4.15. The lowest BCUT2D eigenvalue weighted by atomic mass is 10.1. The van der Waals surface area contributed by atoms with Crippen molar-refractivity contribution >= 4 is 50.1 Å². The van der Waals surface area contributed by atoms with Crippen molar-refractivity contribution in [1.82, 2.24) is 9.88 Å². The Morgan fingerprint density at radius 3 is 2.73 bits per heavy atom. The fourth-order valence-electron chi connectivity index (χ4n) is 2.99. The number of benzene rings is 2. The minimum atomic E-state index is -0.219. The van der Waals surface area contributed by atoms with Crippen LogP contribution in [0.5, 0.6) is 0 Å². The molecule has 4 rings (SSSR count). The summed E-state index contributed by atoms with van der Waals surface area (Å²) in [5, 5.41) is 3.91. The van der Waals surface area contributed by atoms with Crippen LogP contribution in [0.3, 0.4) is 0 Å². The highest BCUT2D eigenvalue weighted by molar-refractivity contribution is 7.22. The van der Waals surface area contributed by atoms with E-state index in [-0.39, 0.29) is 11.8 Å². The largest absolute Gasteiger partial charge is 0.338 e. The number of para-hydroxylation sites is 1. The van der Waals surface area contributed by atoms with Crippen LogP contribution in [0.15, 0.2) is 42.5 Å². The van der Waals surface area contributed by atoms with Crippen LogP contribution in [0.1, 0.15) is 28.8 Å². The molecule has 0 atom stereocenters. The Bertz CT molecular complexity index is 984. The first-order valence-corrected chi connectivity index (χ1v) is 9.53. The Morgan fingerprint density at radius 2 is 2.04 bits per heavy atom. The first kappa shape index (κ1) is 17.0. The van der Waals surface area contributed by atoms with E-state index in [4.69, 9.17) is 11.6 Å². The second kappa shape index (κ2) is 7.05. The third-order valence-electron chi connectivity index (χ3n) is 4.35. The van der Waals surface area contributed by atoms with Gasteiger partial charge < -0.3 is 4.90 Å². The molecule has 0 aliphatic carbocycles. The van der Waals surface area contributed by atoms with Crippen LogP contribution in [0, 0.1) is 0 Å². The number of carbonyl (C=O) groups excluding carboxylic acids is 2. The monoisotopic (exact) mass is 385 g/mol. The van der Waals surface area contributed by atoms with E-state index in [1.54, 1.807) is 18.2 Å². The number of halogens is 1. The van der Waals surface area contributed by atoms with Gasteiger partial charge in [0, 0.05) is 25.1 Å². The van der Waals surface area contributed by atoms with Gasteiger partial charge in [-0.2, -0.15) is 0 Å². The van der Waals surface area contributed by atoms with E-state index in [0.29, 0.717) is 34.2 Å². The number of nitrogens with zero attached hydrogens (tertiary/aromatic N) is 2. The smallest absolute Gasteiger partial charge is 0.257 e. The van der Waals surface area contributed by atoms with Crippen molar-refractivity contribution < 1.29 is 9.59 Å². The van der Waals surface area contributed by atoms with Gasteiger partial charge in [0.05, 0.1) is 9.72 Å². The second-order valence-electron chi connectivity index (χ2n) is 6.18. The van der Waals surface area contributed by atoms with Crippen molar-refractivity contribution in [3.05, 3.63) is 58.6 Å². The van der Waals surface area contributed by atoms with Gasteiger partial charge >= 0.3 is 0 Å². The molecular weight excluding hydrogens is 370 g/mol. The Morgan fingerprint density at radius 1 is 1.23 bits per heavy atom. The van der Waals surface area contributed by atoms with Crippen LogP contribution >= 0.6 is 22.9 Å². The number of carbonyl (C=O) groups is 2. The molecule has 3 aromatic rings. The summed E-state index contributed by atoms with van der Waals surface area (Å²) in [5.41, 5.74) is 2.26. The summed E-state index contributed by atoms with van der Waals surface area (Å²) in [6.45, 7) is 1.40. The molecule has 2 aromatic carbocycles. The van der Waals surface area contributed by atoms with Crippen LogP contribution in [0.4, 0.5) is 5.13 Å². The number of rotatable bonds is 4. The van der Waals surface area contributed by atoms with Gasteiger partial charge in [0.2, 0.25) is 5.91 Å². The lowest BCUT2D eigenvalue weighted by Crippen LogP contribution is -2.23. The van der Waals surface area contributed by atoms with E-state index in [2.05, 4.69) is 10.3 Å². The molecule has 1 aliphatic rings. The Hall–Kier alpha value is -2.44. The van der Waals surface area contributed by atoms with Crippen molar-refractivity contribution in [3.63, 3.8) is 0 Å². The lowest BCUT2D eigenvalue weighted by Gasteiger charge is -2.15. The molecular formula is C19H16ClN3O2S. The molecule has 132 valence electrons. The standard InChI is InChI=1S/C19H16ClN3O2S/c20-14-3-1-4-15-17(14)21-19(26-15)22-18(25)13-8-6-12(7-9-13)11-23-10-2-5-16(23)24/h1,3-4,6-9H,2,5,10-11H2,(H,21,22,25). The summed E-state index contributed by atoms with van der Waals surface area (Å²) in [5.74, 6) is -0.0229. The fraction of sp³-hybridized carbons (Fsp3) is 0.211. The molecule has 1 N–H and O–H groups in total. The van der Waals surface area contributed by atoms with Crippen molar-refractivity contribution in [3.8, 4) is 0 Å². The molecule has 26 heavy (non-hydrogen) atoms. The van der Waals surface area contributed by atoms with Gasteiger partial charge in [-0.15, -0.1) is 0 Å². The maximum absolute atomic E-state index is 12.4. The summed E-state index contributed by atoms with van der Waals surface area (Å²) in [7, 11) is 0. The van der Waals surface area contributed by atoms with E-state index >= 15 is 0 Å². The predicted molar refractivity (Wildman–Crippen MR) is 104 cm³/mol. The van der Waals surface area contributed by atoms with Crippen LogP contribution in [0.25, 0.3) is 10.2 Å². The molecule has 2 amide bonds. The van der Waals surface area contributed by atoms with E-state index < -0.39 is 0 Å². The summed E-state index contributed by atoms with van der Waals surface area (Å²) in [6.07, 6.45) is 1.55. The number of hydrogen-bond acceptors (Lipinski definition) is 4. The van der Waals surface area contributed by atoms with E-state index in [0.717, 1.165) is 23.2 Å². The Labute approximate surface area is 159 Å². The lowest BCUT2D eigenvalue weighted by molar-refractivity contribution is -0.128. The summed E-state index contributed by atoms with van der Waals surface area (Å²) in [6, 6.07) is 12.9. The molecule has 1 aromatic heterocycles. The van der Waals surface area contributed by atoms with Gasteiger partial charge in [-0.25, -0.2) is 4.98 Å². The first-order chi connectivity index (χ1) is 12.6. The SMILES string of the molecule is O=C(Nc1nc2c(Cl)cccc2s1)c1ccc(CN2CCCC2=O)cc1. The zero-order valence-corrected chi connectivity index (χ0v) is 15.4. The van der Waals surface area contributed by atoms with Gasteiger partial charge in [-0.05, 0) is 36.2 Å². The highest BCUT2D eigenvalue weighted by atomic mass is 35.5. The van der Waals surface area contributed by atoms with Crippen molar-refractivity contribution in [2.24, 2.45) is 0 Å². The zero-order chi connectivity index (χ0) is 18.1. The van der Waals surface area contributed by atoms with Crippen molar-refractivity contribution in [2.75, 3.05) is 11.9 Å². The number of likely N-dealkylation sites (tertiary alicyclic amines) is 1. The zero-order valence-electron chi connectivity index (χ0n) is 13.9. The van der Waals surface area contributed by atoms with Gasteiger partial charge in [0.25, 0.3) is 5.91 Å². The number of thiazole rings is 1. The highest BCUT2D eigenvalue weighted by Crippen LogP contribution is 2.30. The molecule has 2 heterocycles. The third-order valence-corrected chi connectivity index (χ3v) is 5.59. The predicted octanol–water partition coefficient (Wildman–Crippen LogP) is 4.32. The molecule has 1 saturated heterocycles. The molecule has 0 unspecified atom stereocenters. The summed E-state index contributed by atoms with van der Waals surface area (Å²) in [4.78, 5) is 30.4. The van der Waals surface area contributed by atoms with Crippen molar-refractivity contribution in [1.29, 1.82) is 0 Å². The minimum Gasteiger partial charge on any atom is -0.338 e. The minimum absolute atomic E-state index is 0.196. The topological polar surface area (TPSA) is 62.3 Å². The molecule has 7 heteroatoms. The first-order valence-electron chi connectivity index (χ1n) is 8.33. The Balaban J connectivity index is 1.45. The van der Waals surface area contributed by atoms with Crippen LogP contribution < -0.4 is 5.32 Å². The molecule has 0 saturated carbocycles. The van der Waals surface area contributed by atoms with Crippen LogP contribution in [-0.2, 0) is 11.3 Å². The van der Waals surface area contributed by atoms with Crippen molar-refractivity contribution in [2.45, 2.75) is 19.4 Å². The van der Waals surface area contributed by atoms with E-state index in [9.17, 15) is 9.59 Å². The number of amides is 2. The summed E-state index contributed by atoms with van der Waals surface area (Å²) >= 11 is 7.51. The van der Waals surface area contributed by atoms with Gasteiger partial charge in [-0.3, -0.25) is 14.9 Å². The average Bonchev–Trinajstić information content (AvgIpc) is 3.22. The highest BCUT2D eigenvalue weighted by Gasteiger charge is 2.20. The quantitative estimate of drug-likeness (QED) is 0.727.